The van der Waals surface area contributed by atoms with Crippen LogP contribution in [0.2, 0.25) is 0 Å². The Labute approximate surface area is 128 Å². The fourth-order valence-corrected chi connectivity index (χ4v) is 3.13. The van der Waals surface area contributed by atoms with Crippen molar-refractivity contribution in [2.75, 3.05) is 44.2 Å². The molecule has 3 rings (SSSR count). The van der Waals surface area contributed by atoms with E-state index in [4.69, 9.17) is 0 Å². The third kappa shape index (κ3) is 3.95. The number of anilines is 1. The van der Waals surface area contributed by atoms with Gasteiger partial charge >= 0.3 is 0 Å². The number of hydrogen-bond acceptors (Lipinski definition) is 4. The second kappa shape index (κ2) is 6.75. The molecule has 0 spiro atoms. The summed E-state index contributed by atoms with van der Waals surface area (Å²) in [5.41, 5.74) is 1.34. The van der Waals surface area contributed by atoms with Gasteiger partial charge in [-0.3, -0.25) is 4.90 Å². The molecule has 2 heterocycles. The van der Waals surface area contributed by atoms with Gasteiger partial charge in [0.25, 0.3) is 0 Å². The van der Waals surface area contributed by atoms with Crippen LogP contribution in [-0.4, -0.2) is 49.2 Å². The minimum absolute atomic E-state index is 0.396. The molecule has 1 saturated carbocycles. The van der Waals surface area contributed by atoms with Gasteiger partial charge in [-0.15, -0.1) is 0 Å². The van der Waals surface area contributed by atoms with E-state index in [0.717, 1.165) is 31.4 Å². The molecule has 0 amide bonds. The van der Waals surface area contributed by atoms with Crippen LogP contribution in [0.1, 0.15) is 38.3 Å². The number of nitrogens with zero attached hydrogens (tertiary/aromatic N) is 3. The van der Waals surface area contributed by atoms with E-state index in [2.05, 4.69) is 46.1 Å². The summed E-state index contributed by atoms with van der Waals surface area (Å²) in [5.74, 6) is 2.14. The standard InChI is InChI=1S/C17H28N4/c1-3-18-14(2)16-6-7-19-17(12-16)21-10-8-20(9-11-21)13-15-4-5-15/h6-7,12,14-15,18H,3-5,8-11,13H2,1-2H3. The molecule has 0 aromatic carbocycles. The topological polar surface area (TPSA) is 31.4 Å². The highest BCUT2D eigenvalue weighted by atomic mass is 15.3. The van der Waals surface area contributed by atoms with E-state index in [1.807, 2.05) is 6.20 Å². The number of aromatic nitrogens is 1. The summed E-state index contributed by atoms with van der Waals surface area (Å²) in [5, 5.41) is 3.47. The molecule has 1 aromatic heterocycles. The van der Waals surface area contributed by atoms with Gasteiger partial charge in [0.15, 0.2) is 0 Å². The number of nitrogens with one attached hydrogen (secondary N) is 1. The van der Waals surface area contributed by atoms with Crippen molar-refractivity contribution in [3.05, 3.63) is 23.9 Å². The van der Waals surface area contributed by atoms with E-state index < -0.39 is 0 Å². The first-order valence-corrected chi connectivity index (χ1v) is 8.43. The number of hydrogen-bond donors (Lipinski definition) is 1. The molecule has 2 fully saturated rings. The summed E-state index contributed by atoms with van der Waals surface area (Å²) in [6.45, 7) is 11.3. The lowest BCUT2D eigenvalue weighted by Crippen LogP contribution is -2.47. The van der Waals surface area contributed by atoms with E-state index in [1.54, 1.807) is 0 Å². The lowest BCUT2D eigenvalue weighted by Gasteiger charge is -2.35. The Morgan fingerprint density at radius 3 is 2.71 bits per heavy atom. The minimum Gasteiger partial charge on any atom is -0.354 e. The van der Waals surface area contributed by atoms with Gasteiger partial charge in [-0.05, 0) is 49.9 Å². The summed E-state index contributed by atoms with van der Waals surface area (Å²) < 4.78 is 0. The predicted octanol–water partition coefficient (Wildman–Crippen LogP) is 2.28. The van der Waals surface area contributed by atoms with Crippen LogP contribution in [0.5, 0.6) is 0 Å². The molecule has 4 nitrogen and oxygen atoms in total. The second-order valence-corrected chi connectivity index (χ2v) is 6.46. The van der Waals surface area contributed by atoms with E-state index in [-0.39, 0.29) is 0 Å². The average molecular weight is 288 g/mol. The van der Waals surface area contributed by atoms with Gasteiger partial charge < -0.3 is 10.2 Å². The molecule has 116 valence electrons. The number of rotatable bonds is 6. The molecule has 4 heteroatoms. The first-order valence-electron chi connectivity index (χ1n) is 8.43. The molecule has 1 unspecified atom stereocenters. The van der Waals surface area contributed by atoms with Crippen LogP contribution in [0.15, 0.2) is 18.3 Å². The quantitative estimate of drug-likeness (QED) is 0.870. The highest BCUT2D eigenvalue weighted by Gasteiger charge is 2.26. The van der Waals surface area contributed by atoms with Crippen LogP contribution in [0.3, 0.4) is 0 Å². The lowest BCUT2D eigenvalue weighted by molar-refractivity contribution is 0.247. The van der Waals surface area contributed by atoms with Crippen LogP contribution >= 0.6 is 0 Å². The monoisotopic (exact) mass is 288 g/mol. The molecule has 2 aliphatic rings. The van der Waals surface area contributed by atoms with Crippen molar-refractivity contribution in [3.63, 3.8) is 0 Å². The highest BCUT2D eigenvalue weighted by Crippen LogP contribution is 2.30. The third-order valence-corrected chi connectivity index (χ3v) is 4.69. The second-order valence-electron chi connectivity index (χ2n) is 6.46. The molecule has 0 radical (unpaired) electrons. The Balaban J connectivity index is 1.57. The molecule has 1 N–H and O–H groups in total. The number of piperazine rings is 1. The van der Waals surface area contributed by atoms with Gasteiger partial charge in [-0.25, -0.2) is 4.98 Å². The first-order chi connectivity index (χ1) is 10.3. The van der Waals surface area contributed by atoms with Crippen molar-refractivity contribution < 1.29 is 0 Å². The zero-order chi connectivity index (χ0) is 14.7. The Morgan fingerprint density at radius 1 is 1.29 bits per heavy atom. The van der Waals surface area contributed by atoms with Crippen molar-refractivity contribution in [1.82, 2.24) is 15.2 Å². The van der Waals surface area contributed by atoms with E-state index in [0.29, 0.717) is 6.04 Å². The maximum atomic E-state index is 4.58. The summed E-state index contributed by atoms with van der Waals surface area (Å²) in [7, 11) is 0. The van der Waals surface area contributed by atoms with Crippen molar-refractivity contribution in [3.8, 4) is 0 Å². The van der Waals surface area contributed by atoms with Crippen LogP contribution < -0.4 is 10.2 Å². The number of pyridine rings is 1. The van der Waals surface area contributed by atoms with E-state index >= 15 is 0 Å². The summed E-state index contributed by atoms with van der Waals surface area (Å²) in [6, 6.07) is 4.78. The summed E-state index contributed by atoms with van der Waals surface area (Å²) in [6.07, 6.45) is 4.85. The minimum atomic E-state index is 0.396. The van der Waals surface area contributed by atoms with Crippen molar-refractivity contribution in [2.24, 2.45) is 5.92 Å². The Morgan fingerprint density at radius 2 is 2.05 bits per heavy atom. The van der Waals surface area contributed by atoms with Gasteiger partial charge in [-0.2, -0.15) is 0 Å². The molecule has 21 heavy (non-hydrogen) atoms. The molecular weight excluding hydrogens is 260 g/mol. The van der Waals surface area contributed by atoms with Gasteiger partial charge in [0.2, 0.25) is 0 Å². The molecule has 1 aromatic rings. The Hall–Kier alpha value is -1.13. The Kier molecular flexibility index (Phi) is 4.76. The fraction of sp³-hybridized carbons (Fsp3) is 0.706. The van der Waals surface area contributed by atoms with Crippen molar-refractivity contribution in [1.29, 1.82) is 0 Å². The molecular formula is C17H28N4. The zero-order valence-electron chi connectivity index (χ0n) is 13.4. The van der Waals surface area contributed by atoms with Crippen LogP contribution in [0.25, 0.3) is 0 Å². The van der Waals surface area contributed by atoms with Crippen molar-refractivity contribution in [2.45, 2.75) is 32.7 Å². The normalized spacial score (nSPS) is 21.5. The third-order valence-electron chi connectivity index (χ3n) is 4.69. The summed E-state index contributed by atoms with van der Waals surface area (Å²) in [4.78, 5) is 9.64. The lowest BCUT2D eigenvalue weighted by atomic mass is 10.1. The van der Waals surface area contributed by atoms with E-state index in [1.165, 1.54) is 38.0 Å². The van der Waals surface area contributed by atoms with Crippen molar-refractivity contribution >= 4 is 5.82 Å². The maximum Gasteiger partial charge on any atom is 0.128 e. The van der Waals surface area contributed by atoms with Gasteiger partial charge in [0.05, 0.1) is 0 Å². The Bertz CT molecular complexity index is 450. The van der Waals surface area contributed by atoms with Crippen LogP contribution in [0.4, 0.5) is 5.82 Å². The highest BCUT2D eigenvalue weighted by molar-refractivity contribution is 5.42. The maximum absolute atomic E-state index is 4.58. The smallest absolute Gasteiger partial charge is 0.128 e. The zero-order valence-corrected chi connectivity index (χ0v) is 13.4. The molecule has 1 saturated heterocycles. The van der Waals surface area contributed by atoms with Gasteiger partial charge in [0, 0.05) is 45.0 Å². The summed E-state index contributed by atoms with van der Waals surface area (Å²) >= 11 is 0. The largest absolute Gasteiger partial charge is 0.354 e. The molecule has 1 atom stereocenters. The van der Waals surface area contributed by atoms with Gasteiger partial charge in [0.1, 0.15) is 5.82 Å². The first kappa shape index (κ1) is 14.8. The van der Waals surface area contributed by atoms with Crippen LogP contribution in [-0.2, 0) is 0 Å². The molecule has 1 aliphatic carbocycles. The van der Waals surface area contributed by atoms with E-state index in [9.17, 15) is 0 Å². The molecule has 1 aliphatic heterocycles. The SMILES string of the molecule is CCNC(C)c1ccnc(N2CCN(CC3CC3)CC2)c1. The molecule has 0 bridgehead atoms. The van der Waals surface area contributed by atoms with Crippen LogP contribution in [0, 0.1) is 5.92 Å². The predicted molar refractivity (Wildman–Crippen MR) is 87.7 cm³/mol. The average Bonchev–Trinajstić information content (AvgIpc) is 3.32. The van der Waals surface area contributed by atoms with Gasteiger partial charge in [-0.1, -0.05) is 6.92 Å². The fourth-order valence-electron chi connectivity index (χ4n) is 3.13.